The predicted octanol–water partition coefficient (Wildman–Crippen LogP) is -9.22. The van der Waals surface area contributed by atoms with E-state index >= 15 is 0 Å². The minimum atomic E-state index is -1.89. The van der Waals surface area contributed by atoms with Crippen LogP contribution in [-0.4, -0.2) is 260 Å². The predicted molar refractivity (Wildman–Crippen MR) is 173 cm³/mol. The maximum atomic E-state index is 11.5. The standard InChI is InChI=1S/C32H54O25/c1-2-46-11-5-48-28(19(39)17(11)37)55-14-8-50-30(24(44)26(14)57-32-22(42)16(36)10(4-34)52-32)53-12-6-49-29(20(40)18(12)38)54-13-7-47-27(45)23(43)25(13)56-31-21(41)15(35)9(3-33)51-31/h9-45H,2-8H2,1H3. The van der Waals surface area contributed by atoms with E-state index in [0.717, 1.165) is 0 Å². The summed E-state index contributed by atoms with van der Waals surface area (Å²) in [5.41, 5.74) is 0. The maximum absolute atomic E-state index is 11.5. The third-order valence-corrected chi connectivity index (χ3v) is 10.6. The number of hydrogen-bond acceptors (Lipinski definition) is 25. The highest BCUT2D eigenvalue weighted by Gasteiger charge is 2.54. The van der Waals surface area contributed by atoms with Gasteiger partial charge in [0.1, 0.15) is 110 Å². The molecule has 0 saturated carbocycles. The second-order valence-electron chi connectivity index (χ2n) is 14.4. The summed E-state index contributed by atoms with van der Waals surface area (Å²) in [7, 11) is 0. The molecule has 0 spiro atoms. The molecule has 57 heavy (non-hydrogen) atoms. The Labute approximate surface area is 324 Å². The van der Waals surface area contributed by atoms with Crippen molar-refractivity contribution in [2.75, 3.05) is 46.2 Å². The monoisotopic (exact) mass is 838 g/mol. The fourth-order valence-corrected chi connectivity index (χ4v) is 7.25. The number of rotatable bonds is 14. The van der Waals surface area contributed by atoms with Crippen LogP contribution >= 0.6 is 0 Å². The van der Waals surface area contributed by atoms with Crippen LogP contribution in [0.4, 0.5) is 0 Å². The third kappa shape index (κ3) is 9.73. The first-order valence-corrected chi connectivity index (χ1v) is 18.6. The van der Waals surface area contributed by atoms with Crippen molar-refractivity contribution < 1.29 is 123 Å². The van der Waals surface area contributed by atoms with Gasteiger partial charge in [-0.3, -0.25) is 0 Å². The van der Waals surface area contributed by atoms with E-state index in [1.54, 1.807) is 6.92 Å². The van der Waals surface area contributed by atoms with Crippen LogP contribution in [-0.2, 0) is 56.8 Å². The van der Waals surface area contributed by atoms with Crippen LogP contribution in [0.15, 0.2) is 0 Å². The first-order chi connectivity index (χ1) is 27.2. The quantitative estimate of drug-likeness (QED) is 0.0772. The van der Waals surface area contributed by atoms with Crippen LogP contribution in [0.2, 0.25) is 0 Å². The molecular formula is C32H54O25. The minimum absolute atomic E-state index is 0.178. The molecule has 6 aliphatic heterocycles. The smallest absolute Gasteiger partial charge is 0.187 e. The zero-order chi connectivity index (χ0) is 41.3. The summed E-state index contributed by atoms with van der Waals surface area (Å²) < 4.78 is 67.0. The highest BCUT2D eigenvalue weighted by Crippen LogP contribution is 2.34. The lowest BCUT2D eigenvalue weighted by molar-refractivity contribution is -0.370. The summed E-state index contributed by atoms with van der Waals surface area (Å²) in [4.78, 5) is 0. The summed E-state index contributed by atoms with van der Waals surface area (Å²) in [6.07, 6.45) is -37.2. The van der Waals surface area contributed by atoms with Gasteiger partial charge in [0.15, 0.2) is 37.7 Å². The van der Waals surface area contributed by atoms with Gasteiger partial charge in [-0.2, -0.15) is 0 Å². The van der Waals surface area contributed by atoms with E-state index < -0.39 is 181 Å². The molecule has 0 amide bonds. The molecule has 13 N–H and O–H groups in total. The van der Waals surface area contributed by atoms with Crippen molar-refractivity contribution in [2.24, 2.45) is 0 Å². The van der Waals surface area contributed by atoms with Gasteiger partial charge in [-0.15, -0.1) is 0 Å². The zero-order valence-electron chi connectivity index (χ0n) is 30.5. The molecule has 6 saturated heterocycles. The van der Waals surface area contributed by atoms with Crippen LogP contribution in [0.25, 0.3) is 0 Å². The second-order valence-corrected chi connectivity index (χ2v) is 14.4. The van der Waals surface area contributed by atoms with Gasteiger partial charge in [0.05, 0.1) is 39.6 Å². The van der Waals surface area contributed by atoms with Gasteiger partial charge in [-0.25, -0.2) is 0 Å². The molecule has 6 heterocycles. The van der Waals surface area contributed by atoms with Crippen LogP contribution in [0.3, 0.4) is 0 Å². The maximum Gasteiger partial charge on any atom is 0.187 e. The molecule has 0 aromatic carbocycles. The molecule has 0 bridgehead atoms. The highest BCUT2D eigenvalue weighted by atomic mass is 16.8. The van der Waals surface area contributed by atoms with E-state index in [-0.39, 0.29) is 13.2 Å². The van der Waals surface area contributed by atoms with Crippen molar-refractivity contribution in [3.05, 3.63) is 0 Å². The first-order valence-electron chi connectivity index (χ1n) is 18.6. The molecular weight excluding hydrogens is 784 g/mol. The minimum Gasteiger partial charge on any atom is -0.394 e. The van der Waals surface area contributed by atoms with Crippen molar-refractivity contribution in [2.45, 2.75) is 155 Å². The fourth-order valence-electron chi connectivity index (χ4n) is 7.25. The highest BCUT2D eigenvalue weighted by molar-refractivity contribution is 4.95. The van der Waals surface area contributed by atoms with E-state index in [1.807, 2.05) is 0 Å². The molecule has 25 heteroatoms. The lowest BCUT2D eigenvalue weighted by Gasteiger charge is -2.46. The van der Waals surface area contributed by atoms with Crippen molar-refractivity contribution >= 4 is 0 Å². The summed E-state index contributed by atoms with van der Waals surface area (Å²) in [6, 6.07) is 0. The summed E-state index contributed by atoms with van der Waals surface area (Å²) in [5.74, 6) is 0. The Bertz CT molecular complexity index is 1240. The molecule has 0 aromatic rings. The topological polar surface area (TPSA) is 374 Å². The number of ether oxygens (including phenoxy) is 12. The number of hydrogen-bond donors (Lipinski definition) is 13. The molecule has 24 unspecified atom stereocenters. The Kier molecular flexibility index (Phi) is 15.8. The summed E-state index contributed by atoms with van der Waals surface area (Å²) in [5, 5.41) is 136. The van der Waals surface area contributed by atoms with Gasteiger partial charge in [0.2, 0.25) is 0 Å². The molecule has 0 aromatic heterocycles. The summed E-state index contributed by atoms with van der Waals surface area (Å²) in [6.45, 7) is -1.07. The van der Waals surface area contributed by atoms with Gasteiger partial charge in [-0.1, -0.05) is 0 Å². The Morgan fingerprint density at radius 2 is 0.789 bits per heavy atom. The van der Waals surface area contributed by atoms with Gasteiger partial charge in [0, 0.05) is 6.61 Å². The van der Waals surface area contributed by atoms with Crippen LogP contribution in [0, 0.1) is 0 Å². The zero-order valence-corrected chi connectivity index (χ0v) is 30.5. The Morgan fingerprint density at radius 3 is 1.26 bits per heavy atom. The van der Waals surface area contributed by atoms with Crippen molar-refractivity contribution in [1.82, 2.24) is 0 Å². The van der Waals surface area contributed by atoms with E-state index in [9.17, 15) is 66.4 Å². The molecule has 332 valence electrons. The van der Waals surface area contributed by atoms with Crippen LogP contribution in [0.1, 0.15) is 6.92 Å². The Morgan fingerprint density at radius 1 is 0.404 bits per heavy atom. The van der Waals surface area contributed by atoms with Crippen molar-refractivity contribution in [1.29, 1.82) is 0 Å². The van der Waals surface area contributed by atoms with Crippen LogP contribution in [0.5, 0.6) is 0 Å². The SMILES string of the molecule is CCOC1COC(OC2COC(OC3COC(OC4COC(O)C(O)C4OC4OC(CO)C(O)C4O)C(O)C3O)C(O)C2OC2OC(CO)C(O)C2O)C(O)C1O. The number of aliphatic hydroxyl groups is 13. The lowest BCUT2D eigenvalue weighted by atomic mass is 10.0. The molecule has 0 radical (unpaired) electrons. The molecule has 0 aliphatic carbocycles. The van der Waals surface area contributed by atoms with E-state index in [4.69, 9.17) is 56.8 Å². The van der Waals surface area contributed by atoms with Gasteiger partial charge in [0.25, 0.3) is 0 Å². The fraction of sp³-hybridized carbons (Fsp3) is 1.00. The molecule has 25 nitrogen and oxygen atoms in total. The Balaban J connectivity index is 1.10. The normalized spacial score (nSPS) is 52.3. The van der Waals surface area contributed by atoms with Crippen molar-refractivity contribution in [3.8, 4) is 0 Å². The average molecular weight is 839 g/mol. The molecule has 6 rings (SSSR count). The average Bonchev–Trinajstić information content (AvgIpc) is 3.63. The van der Waals surface area contributed by atoms with Gasteiger partial charge >= 0.3 is 0 Å². The van der Waals surface area contributed by atoms with Gasteiger partial charge < -0.3 is 123 Å². The van der Waals surface area contributed by atoms with Crippen LogP contribution < -0.4 is 0 Å². The van der Waals surface area contributed by atoms with E-state index in [1.165, 1.54) is 0 Å². The summed E-state index contributed by atoms with van der Waals surface area (Å²) >= 11 is 0. The number of aliphatic hydroxyl groups excluding tert-OH is 13. The third-order valence-electron chi connectivity index (χ3n) is 10.6. The largest absolute Gasteiger partial charge is 0.394 e. The van der Waals surface area contributed by atoms with Crippen molar-refractivity contribution in [3.63, 3.8) is 0 Å². The van der Waals surface area contributed by atoms with E-state index in [0.29, 0.717) is 0 Å². The lowest BCUT2D eigenvalue weighted by Crippen LogP contribution is -2.63. The molecule has 6 aliphatic rings. The Hall–Kier alpha value is -1.00. The second kappa shape index (κ2) is 19.8. The molecule has 24 atom stereocenters. The van der Waals surface area contributed by atoms with E-state index in [2.05, 4.69) is 0 Å². The first kappa shape index (κ1) is 45.5. The van der Waals surface area contributed by atoms with Gasteiger partial charge in [-0.05, 0) is 6.92 Å². The molecule has 6 fully saturated rings.